The van der Waals surface area contributed by atoms with Crippen LogP contribution in [0.15, 0.2) is 6.07 Å². The molecule has 3 saturated carbocycles. The topological polar surface area (TPSA) is 107 Å². The highest BCUT2D eigenvalue weighted by Gasteiger charge is 2.73. The smallest absolute Gasteiger partial charge is 0.385 e. The third-order valence-electron chi connectivity index (χ3n) is 9.92. The summed E-state index contributed by atoms with van der Waals surface area (Å²) < 4.78 is 31.6. The minimum atomic E-state index is -4.07. The first-order chi connectivity index (χ1) is 15.0. The van der Waals surface area contributed by atoms with Crippen molar-refractivity contribution >= 4 is 10.3 Å². The van der Waals surface area contributed by atoms with Gasteiger partial charge in [0.1, 0.15) is 0 Å². The Bertz CT molecular complexity index is 1040. The molecule has 0 aromatic heterocycles. The molecular weight excluding hydrogens is 430 g/mol. The molecule has 5 rings (SSSR count). The van der Waals surface area contributed by atoms with Crippen LogP contribution in [-0.4, -0.2) is 46.7 Å². The fourth-order valence-corrected chi connectivity index (χ4v) is 9.29. The van der Waals surface area contributed by atoms with E-state index in [1.54, 1.807) is 19.9 Å². The molecule has 0 spiro atoms. The summed E-state index contributed by atoms with van der Waals surface area (Å²) in [5.41, 5.74) is 1.03. The zero-order valence-corrected chi connectivity index (χ0v) is 20.0. The summed E-state index contributed by atoms with van der Waals surface area (Å²) in [6.45, 7) is 6.22. The third kappa shape index (κ3) is 2.63. The van der Waals surface area contributed by atoms with Crippen molar-refractivity contribution in [2.24, 2.45) is 16.7 Å². The molecule has 1 aromatic carbocycles. The summed E-state index contributed by atoms with van der Waals surface area (Å²) in [6, 6.07) is 1.60. The van der Waals surface area contributed by atoms with E-state index in [1.165, 1.54) is 4.31 Å². The molecule has 4 aliphatic rings. The van der Waals surface area contributed by atoms with E-state index in [0.717, 1.165) is 56.1 Å². The maximum Gasteiger partial charge on any atom is 0.385 e. The van der Waals surface area contributed by atoms with Crippen molar-refractivity contribution < 1.29 is 27.9 Å². The number of fused-ring (bicyclic) bond motifs is 3. The van der Waals surface area contributed by atoms with Gasteiger partial charge < -0.3 is 19.5 Å². The second kappa shape index (κ2) is 7.00. The van der Waals surface area contributed by atoms with Gasteiger partial charge in [0.05, 0.1) is 5.60 Å². The molecule has 0 aliphatic heterocycles. The molecule has 1 aromatic rings. The van der Waals surface area contributed by atoms with E-state index >= 15 is 0 Å². The molecule has 3 N–H and O–H groups in total. The molecule has 3 fully saturated rings. The molecule has 178 valence electrons. The second-order valence-corrected chi connectivity index (χ2v) is 12.1. The van der Waals surface area contributed by atoms with Crippen LogP contribution in [0, 0.1) is 16.7 Å². The fraction of sp³-hybridized carbons (Fsp3) is 0.750. The number of phenols is 2. The average Bonchev–Trinajstić information content (AvgIpc) is 3.12. The molecule has 2 bridgehead atoms. The summed E-state index contributed by atoms with van der Waals surface area (Å²) >= 11 is 0. The number of aryl methyl sites for hydroxylation is 1. The van der Waals surface area contributed by atoms with Gasteiger partial charge in [0.25, 0.3) is 0 Å². The van der Waals surface area contributed by atoms with Gasteiger partial charge in [0, 0.05) is 24.1 Å². The first-order valence-electron chi connectivity index (χ1n) is 12.0. The van der Waals surface area contributed by atoms with Crippen molar-refractivity contribution in [1.29, 1.82) is 0 Å². The van der Waals surface area contributed by atoms with Crippen LogP contribution < -0.4 is 4.18 Å². The number of aromatic hydroxyl groups is 2. The van der Waals surface area contributed by atoms with Crippen LogP contribution in [0.3, 0.4) is 0 Å². The molecular formula is C24H35NO6S. The Morgan fingerprint density at radius 2 is 1.72 bits per heavy atom. The number of aliphatic hydroxyl groups is 1. The molecule has 0 amide bonds. The van der Waals surface area contributed by atoms with Gasteiger partial charge in [-0.25, -0.2) is 0 Å². The van der Waals surface area contributed by atoms with Gasteiger partial charge in [0.15, 0.2) is 11.5 Å². The lowest BCUT2D eigenvalue weighted by Crippen LogP contribution is -2.51. The number of hydrogen-bond donors (Lipinski definition) is 3. The van der Waals surface area contributed by atoms with Gasteiger partial charge >= 0.3 is 10.3 Å². The van der Waals surface area contributed by atoms with Crippen LogP contribution in [0.2, 0.25) is 0 Å². The van der Waals surface area contributed by atoms with Crippen LogP contribution in [0.25, 0.3) is 0 Å². The maximum absolute atomic E-state index is 12.6. The quantitative estimate of drug-likeness (QED) is 0.571. The number of rotatable bonds is 5. The number of phenolic OH excluding ortho intramolecular Hbond substituents is 2. The van der Waals surface area contributed by atoms with Crippen molar-refractivity contribution in [3.8, 4) is 17.2 Å². The molecule has 4 aliphatic carbocycles. The molecule has 3 atom stereocenters. The monoisotopic (exact) mass is 465 g/mol. The Labute approximate surface area is 190 Å². The SMILES string of the molecule is CCN(CC)S(=O)(=O)Oc1cc2c(c(O)c1O)C1CC[C@]3(C)C4(O)CCC3(CC4)C1CC2. The zero-order chi connectivity index (χ0) is 23.1. The Kier molecular flexibility index (Phi) is 4.87. The number of hydrogen-bond acceptors (Lipinski definition) is 6. The van der Waals surface area contributed by atoms with Gasteiger partial charge in [-0.3, -0.25) is 0 Å². The van der Waals surface area contributed by atoms with E-state index in [9.17, 15) is 23.7 Å². The van der Waals surface area contributed by atoms with E-state index in [0.29, 0.717) is 12.3 Å². The number of benzene rings is 1. The fourth-order valence-electron chi connectivity index (χ4n) is 8.19. The molecule has 2 unspecified atom stereocenters. The lowest BCUT2D eigenvalue weighted by atomic mass is 9.48. The highest BCUT2D eigenvalue weighted by atomic mass is 32.2. The Balaban J connectivity index is 1.52. The van der Waals surface area contributed by atoms with Crippen LogP contribution >= 0.6 is 0 Å². The van der Waals surface area contributed by atoms with E-state index < -0.39 is 21.7 Å². The van der Waals surface area contributed by atoms with Crippen LogP contribution in [0.4, 0.5) is 0 Å². The molecule has 7 nitrogen and oxygen atoms in total. The third-order valence-corrected chi connectivity index (χ3v) is 11.5. The van der Waals surface area contributed by atoms with E-state index in [1.807, 2.05) is 0 Å². The molecule has 0 saturated heterocycles. The minimum absolute atomic E-state index is 0.0751. The lowest BCUT2D eigenvalue weighted by Gasteiger charge is -2.56. The van der Waals surface area contributed by atoms with Gasteiger partial charge in [-0.15, -0.1) is 0 Å². The zero-order valence-electron chi connectivity index (χ0n) is 19.2. The summed E-state index contributed by atoms with van der Waals surface area (Å²) in [5, 5.41) is 33.1. The minimum Gasteiger partial charge on any atom is -0.504 e. The van der Waals surface area contributed by atoms with Gasteiger partial charge in [-0.2, -0.15) is 12.7 Å². The predicted octanol–water partition coefficient (Wildman–Crippen LogP) is 3.81. The Morgan fingerprint density at radius 3 is 2.34 bits per heavy atom. The van der Waals surface area contributed by atoms with Crippen molar-refractivity contribution in [2.45, 2.75) is 83.7 Å². The second-order valence-electron chi connectivity index (χ2n) is 10.6. The molecule has 0 radical (unpaired) electrons. The standard InChI is InChI=1S/C24H35NO6S/c1-4-25(5-2)32(29,30)31-18-14-15-6-7-17-16(19(15)21(27)20(18)26)8-9-22(3)23(17)10-12-24(22,28)13-11-23/h14,16-17,26-28H,4-13H2,1-3H3/t16?,17?,22-,23?,24?/m0/s1. The first-order valence-corrected chi connectivity index (χ1v) is 13.4. The lowest BCUT2D eigenvalue weighted by molar-refractivity contribution is -0.101. The first kappa shape index (κ1) is 22.3. The average molecular weight is 466 g/mol. The Hall–Kier alpha value is -1.51. The summed E-state index contributed by atoms with van der Waals surface area (Å²) in [4.78, 5) is 0. The van der Waals surface area contributed by atoms with Crippen LogP contribution in [0.1, 0.15) is 82.8 Å². The maximum atomic E-state index is 12.6. The van der Waals surface area contributed by atoms with Crippen molar-refractivity contribution in [1.82, 2.24) is 4.31 Å². The van der Waals surface area contributed by atoms with Crippen molar-refractivity contribution in [3.63, 3.8) is 0 Å². The van der Waals surface area contributed by atoms with E-state index in [-0.39, 0.29) is 41.3 Å². The molecule has 8 heteroatoms. The largest absolute Gasteiger partial charge is 0.504 e. The van der Waals surface area contributed by atoms with Gasteiger partial charge in [-0.05, 0) is 80.2 Å². The summed E-state index contributed by atoms with van der Waals surface area (Å²) in [5.74, 6) is -0.497. The van der Waals surface area contributed by atoms with Crippen LogP contribution in [0.5, 0.6) is 17.2 Å². The number of nitrogens with zero attached hydrogens (tertiary/aromatic N) is 1. The van der Waals surface area contributed by atoms with Crippen molar-refractivity contribution in [3.05, 3.63) is 17.2 Å². The molecule has 32 heavy (non-hydrogen) atoms. The summed E-state index contributed by atoms with van der Waals surface area (Å²) in [7, 11) is -4.07. The highest BCUT2D eigenvalue weighted by Crippen LogP contribution is 2.78. The predicted molar refractivity (Wildman–Crippen MR) is 120 cm³/mol. The van der Waals surface area contributed by atoms with E-state index in [4.69, 9.17) is 4.18 Å². The molecule has 0 heterocycles. The van der Waals surface area contributed by atoms with E-state index in [2.05, 4.69) is 6.92 Å². The van der Waals surface area contributed by atoms with Gasteiger partial charge in [0.2, 0.25) is 5.75 Å². The highest BCUT2D eigenvalue weighted by molar-refractivity contribution is 7.84. The van der Waals surface area contributed by atoms with Crippen LogP contribution in [-0.2, 0) is 16.7 Å². The normalized spacial score (nSPS) is 37.8. The van der Waals surface area contributed by atoms with Gasteiger partial charge in [-0.1, -0.05) is 20.8 Å². The summed E-state index contributed by atoms with van der Waals surface area (Å²) in [6.07, 6.45) is 7.14. The Morgan fingerprint density at radius 1 is 1.06 bits per heavy atom. The van der Waals surface area contributed by atoms with Crippen molar-refractivity contribution in [2.75, 3.05) is 13.1 Å².